The van der Waals surface area contributed by atoms with Gasteiger partial charge >= 0.3 is 0 Å². The van der Waals surface area contributed by atoms with Gasteiger partial charge in [0.1, 0.15) is 5.82 Å². The maximum Gasteiger partial charge on any atom is 0.123 e. The minimum atomic E-state index is -0.205. The molecule has 18 heavy (non-hydrogen) atoms. The first-order valence-electron chi connectivity index (χ1n) is 5.91. The zero-order valence-corrected chi connectivity index (χ0v) is 10.3. The molecule has 2 aromatic carbocycles. The second-order valence-corrected chi connectivity index (χ2v) is 4.18. The number of allylic oxidation sites excluding steroid dienone is 2. The van der Waals surface area contributed by atoms with Gasteiger partial charge in [0.2, 0.25) is 0 Å². The quantitative estimate of drug-likeness (QED) is 0.664. The van der Waals surface area contributed by atoms with Crippen molar-refractivity contribution in [2.75, 3.05) is 0 Å². The monoisotopic (exact) mass is 238 g/mol. The van der Waals surface area contributed by atoms with Gasteiger partial charge in [-0.25, -0.2) is 4.39 Å². The van der Waals surface area contributed by atoms with Crippen LogP contribution in [-0.2, 0) is 0 Å². The summed E-state index contributed by atoms with van der Waals surface area (Å²) in [7, 11) is 0. The number of rotatable bonds is 3. The molecule has 0 aliphatic carbocycles. The fraction of sp³-hybridized carbons (Fsp3) is 0.0588. The number of hydrogen-bond acceptors (Lipinski definition) is 0. The average molecular weight is 238 g/mol. The van der Waals surface area contributed by atoms with E-state index in [1.54, 1.807) is 12.1 Å². The van der Waals surface area contributed by atoms with E-state index in [1.165, 1.54) is 17.7 Å². The maximum atomic E-state index is 12.7. The highest BCUT2D eigenvalue weighted by Gasteiger charge is 1.90. The minimum Gasteiger partial charge on any atom is -0.207 e. The van der Waals surface area contributed by atoms with Crippen LogP contribution >= 0.6 is 0 Å². The van der Waals surface area contributed by atoms with Crippen LogP contribution in [0.3, 0.4) is 0 Å². The molecule has 2 aromatic rings. The lowest BCUT2D eigenvalue weighted by molar-refractivity contribution is 0.628. The summed E-state index contributed by atoms with van der Waals surface area (Å²) in [6, 6.07) is 16.6. The van der Waals surface area contributed by atoms with Gasteiger partial charge in [-0.1, -0.05) is 66.3 Å². The number of benzene rings is 2. The van der Waals surface area contributed by atoms with E-state index in [4.69, 9.17) is 0 Å². The van der Waals surface area contributed by atoms with Gasteiger partial charge in [-0.05, 0) is 30.2 Å². The van der Waals surface area contributed by atoms with E-state index in [1.807, 2.05) is 37.3 Å². The van der Waals surface area contributed by atoms with Gasteiger partial charge in [-0.15, -0.1) is 0 Å². The highest BCUT2D eigenvalue weighted by atomic mass is 19.1. The summed E-state index contributed by atoms with van der Waals surface area (Å²) >= 11 is 0. The Morgan fingerprint density at radius 2 is 1.56 bits per heavy atom. The van der Waals surface area contributed by atoms with Crippen LogP contribution in [0.5, 0.6) is 0 Å². The summed E-state index contributed by atoms with van der Waals surface area (Å²) in [4.78, 5) is 0. The lowest BCUT2D eigenvalue weighted by atomic mass is 10.1. The molecule has 0 heterocycles. The molecule has 2 rings (SSSR count). The van der Waals surface area contributed by atoms with Crippen LogP contribution in [-0.4, -0.2) is 0 Å². The molecule has 90 valence electrons. The van der Waals surface area contributed by atoms with E-state index in [-0.39, 0.29) is 5.82 Å². The maximum absolute atomic E-state index is 12.7. The molecule has 0 aromatic heterocycles. The number of halogens is 1. The molecular weight excluding hydrogens is 223 g/mol. The highest BCUT2D eigenvalue weighted by molar-refractivity contribution is 5.60. The number of hydrogen-bond donors (Lipinski definition) is 0. The Balaban J connectivity index is 2.09. The molecule has 0 spiro atoms. The van der Waals surface area contributed by atoms with Crippen LogP contribution in [0.2, 0.25) is 0 Å². The zero-order valence-electron chi connectivity index (χ0n) is 10.3. The molecule has 1 heteroatoms. The van der Waals surface area contributed by atoms with E-state index < -0.39 is 0 Å². The van der Waals surface area contributed by atoms with Crippen molar-refractivity contribution < 1.29 is 4.39 Å². The van der Waals surface area contributed by atoms with Crippen LogP contribution in [0.4, 0.5) is 4.39 Å². The van der Waals surface area contributed by atoms with Crippen molar-refractivity contribution in [3.05, 3.63) is 83.2 Å². The topological polar surface area (TPSA) is 0 Å². The minimum absolute atomic E-state index is 0.205. The third-order valence-corrected chi connectivity index (χ3v) is 2.60. The average Bonchev–Trinajstić information content (AvgIpc) is 2.39. The summed E-state index contributed by atoms with van der Waals surface area (Å²) in [5.74, 6) is -0.205. The lowest BCUT2D eigenvalue weighted by Gasteiger charge is -1.96. The summed E-state index contributed by atoms with van der Waals surface area (Å²) in [5.41, 5.74) is 3.33. The Bertz CT molecular complexity index is 548. The van der Waals surface area contributed by atoms with Crippen molar-refractivity contribution >= 4 is 12.2 Å². The Morgan fingerprint density at radius 1 is 0.889 bits per heavy atom. The van der Waals surface area contributed by atoms with Crippen LogP contribution in [0.15, 0.2) is 66.2 Å². The van der Waals surface area contributed by atoms with Gasteiger partial charge in [0.15, 0.2) is 0 Å². The fourth-order valence-corrected chi connectivity index (χ4v) is 1.66. The molecule has 0 radical (unpaired) electrons. The molecule has 0 saturated carbocycles. The molecule has 0 saturated heterocycles. The standard InChI is InChI=1S/C17H15F/c1-14(13-16-5-3-2-4-6-16)7-8-15-9-11-17(18)12-10-15/h2-13H,1H3/b8-7+,14-13+. The Kier molecular flexibility index (Phi) is 4.08. The highest BCUT2D eigenvalue weighted by Crippen LogP contribution is 2.10. The third-order valence-electron chi connectivity index (χ3n) is 2.60. The molecule has 0 unspecified atom stereocenters. The van der Waals surface area contributed by atoms with E-state index in [0.717, 1.165) is 11.1 Å². The molecule has 0 nitrogen and oxygen atoms in total. The van der Waals surface area contributed by atoms with Crippen molar-refractivity contribution in [1.82, 2.24) is 0 Å². The van der Waals surface area contributed by atoms with Crippen LogP contribution in [0.25, 0.3) is 12.2 Å². The predicted octanol–water partition coefficient (Wildman–Crippen LogP) is 4.94. The van der Waals surface area contributed by atoms with Gasteiger partial charge in [0.25, 0.3) is 0 Å². The van der Waals surface area contributed by atoms with Crippen molar-refractivity contribution in [3.63, 3.8) is 0 Å². The van der Waals surface area contributed by atoms with E-state index in [2.05, 4.69) is 18.2 Å². The molecule has 0 amide bonds. The molecule has 0 fully saturated rings. The van der Waals surface area contributed by atoms with Crippen molar-refractivity contribution in [1.29, 1.82) is 0 Å². The van der Waals surface area contributed by atoms with Gasteiger partial charge in [0, 0.05) is 0 Å². The van der Waals surface area contributed by atoms with Gasteiger partial charge in [-0.3, -0.25) is 0 Å². The van der Waals surface area contributed by atoms with Crippen molar-refractivity contribution in [2.24, 2.45) is 0 Å². The van der Waals surface area contributed by atoms with Gasteiger partial charge in [0.05, 0.1) is 0 Å². The normalized spacial score (nSPS) is 12.0. The summed E-state index contributed by atoms with van der Waals surface area (Å²) in [5, 5.41) is 0. The smallest absolute Gasteiger partial charge is 0.123 e. The van der Waals surface area contributed by atoms with Crippen molar-refractivity contribution in [2.45, 2.75) is 6.92 Å². The third kappa shape index (κ3) is 3.70. The predicted molar refractivity (Wildman–Crippen MR) is 75.5 cm³/mol. The first-order chi connectivity index (χ1) is 8.74. The molecule has 0 atom stereocenters. The first kappa shape index (κ1) is 12.3. The van der Waals surface area contributed by atoms with Crippen molar-refractivity contribution in [3.8, 4) is 0 Å². The molecule has 0 aliphatic rings. The summed E-state index contributed by atoms with van der Waals surface area (Å²) < 4.78 is 12.7. The van der Waals surface area contributed by atoms with E-state index in [0.29, 0.717) is 0 Å². The second-order valence-electron chi connectivity index (χ2n) is 4.18. The second kappa shape index (κ2) is 5.97. The van der Waals surface area contributed by atoms with E-state index >= 15 is 0 Å². The van der Waals surface area contributed by atoms with Crippen LogP contribution in [0.1, 0.15) is 18.1 Å². The van der Waals surface area contributed by atoms with Gasteiger partial charge < -0.3 is 0 Å². The molecule has 0 N–H and O–H groups in total. The van der Waals surface area contributed by atoms with Gasteiger partial charge in [-0.2, -0.15) is 0 Å². The largest absolute Gasteiger partial charge is 0.207 e. The molecule has 0 aliphatic heterocycles. The summed E-state index contributed by atoms with van der Waals surface area (Å²) in [6.07, 6.45) is 6.12. The summed E-state index contributed by atoms with van der Waals surface area (Å²) in [6.45, 7) is 2.05. The zero-order chi connectivity index (χ0) is 12.8. The van der Waals surface area contributed by atoms with E-state index in [9.17, 15) is 4.39 Å². The Labute approximate surface area is 107 Å². The Morgan fingerprint density at radius 3 is 2.22 bits per heavy atom. The molecular formula is C17H15F. The molecule has 0 bridgehead atoms. The van der Waals surface area contributed by atoms with Crippen LogP contribution < -0.4 is 0 Å². The first-order valence-corrected chi connectivity index (χ1v) is 5.91. The Hall–Kier alpha value is -2.15. The SMILES string of the molecule is CC(/C=C/c1ccc(F)cc1)=C\c1ccccc1. The lowest BCUT2D eigenvalue weighted by Crippen LogP contribution is -1.76. The van der Waals surface area contributed by atoms with Crippen LogP contribution in [0, 0.1) is 5.82 Å². The fourth-order valence-electron chi connectivity index (χ4n) is 1.66.